The number of rotatable bonds is 7. The fourth-order valence-electron chi connectivity index (χ4n) is 2.51. The van der Waals surface area contributed by atoms with Gasteiger partial charge in [0.25, 0.3) is 0 Å². The number of nitrogens with zero attached hydrogens (tertiary/aromatic N) is 3. The van der Waals surface area contributed by atoms with Crippen LogP contribution < -0.4 is 16.0 Å². The van der Waals surface area contributed by atoms with Gasteiger partial charge in [-0.25, -0.2) is 5.43 Å². The first kappa shape index (κ1) is 15.5. The van der Waals surface area contributed by atoms with E-state index < -0.39 is 0 Å². The van der Waals surface area contributed by atoms with Crippen LogP contribution in [0.3, 0.4) is 0 Å². The molecule has 2 aromatic rings. The molecule has 2 aromatic heterocycles. The highest BCUT2D eigenvalue weighted by Crippen LogP contribution is 2.30. The van der Waals surface area contributed by atoms with Gasteiger partial charge in [-0.15, -0.1) is 0 Å². The lowest BCUT2D eigenvalue weighted by Crippen LogP contribution is -2.32. The molecule has 0 saturated carbocycles. The van der Waals surface area contributed by atoms with Gasteiger partial charge in [0.05, 0.1) is 19.0 Å². The van der Waals surface area contributed by atoms with Crippen molar-refractivity contribution in [1.29, 1.82) is 0 Å². The van der Waals surface area contributed by atoms with Gasteiger partial charge in [0.1, 0.15) is 11.7 Å². The van der Waals surface area contributed by atoms with Crippen LogP contribution in [0.15, 0.2) is 24.5 Å². The molecule has 3 N–H and O–H groups in total. The van der Waals surface area contributed by atoms with E-state index in [1.54, 1.807) is 19.5 Å². The number of ether oxygens (including phenoxy) is 1. The molecule has 1 atom stereocenters. The first-order valence-electron chi connectivity index (χ1n) is 7.26. The number of methoxy groups -OCH3 is 1. The molecule has 6 nitrogen and oxygen atoms in total. The average Bonchev–Trinajstić information content (AvgIpc) is 2.92. The summed E-state index contributed by atoms with van der Waals surface area (Å²) in [6.07, 6.45) is 5.39. The van der Waals surface area contributed by atoms with Crippen LogP contribution in [-0.4, -0.2) is 21.9 Å². The monoisotopic (exact) mass is 289 g/mol. The molecule has 6 heteroatoms. The van der Waals surface area contributed by atoms with E-state index in [-0.39, 0.29) is 6.04 Å². The smallest absolute Gasteiger partial charge is 0.162 e. The topological polar surface area (TPSA) is 78.0 Å². The highest BCUT2D eigenvalue weighted by Gasteiger charge is 2.25. The third-order valence-electron chi connectivity index (χ3n) is 3.52. The maximum atomic E-state index is 5.82. The van der Waals surface area contributed by atoms with Gasteiger partial charge < -0.3 is 4.74 Å². The van der Waals surface area contributed by atoms with Gasteiger partial charge >= 0.3 is 0 Å². The van der Waals surface area contributed by atoms with Crippen molar-refractivity contribution in [3.63, 3.8) is 0 Å². The van der Waals surface area contributed by atoms with E-state index in [0.717, 1.165) is 42.1 Å². The normalized spacial score (nSPS) is 12.4. The number of hydrazine groups is 1. The third kappa shape index (κ3) is 3.06. The molecule has 0 aliphatic rings. The van der Waals surface area contributed by atoms with Crippen LogP contribution >= 0.6 is 0 Å². The summed E-state index contributed by atoms with van der Waals surface area (Å²) in [6.45, 7) is 5.03. The van der Waals surface area contributed by atoms with E-state index >= 15 is 0 Å². The summed E-state index contributed by atoms with van der Waals surface area (Å²) in [4.78, 5) is 4.51. The minimum absolute atomic E-state index is 0.245. The van der Waals surface area contributed by atoms with E-state index in [4.69, 9.17) is 10.6 Å². The van der Waals surface area contributed by atoms with E-state index in [1.807, 2.05) is 10.7 Å². The minimum Gasteiger partial charge on any atom is -0.493 e. The van der Waals surface area contributed by atoms with Crippen LogP contribution in [0.1, 0.15) is 43.3 Å². The number of aromatic nitrogens is 3. The Morgan fingerprint density at radius 2 is 2.24 bits per heavy atom. The Morgan fingerprint density at radius 1 is 1.43 bits per heavy atom. The second kappa shape index (κ2) is 7.19. The molecule has 0 aromatic carbocycles. The van der Waals surface area contributed by atoms with Crippen molar-refractivity contribution in [2.75, 3.05) is 7.11 Å². The van der Waals surface area contributed by atoms with Crippen LogP contribution in [0.4, 0.5) is 0 Å². The molecule has 0 aliphatic heterocycles. The highest BCUT2D eigenvalue weighted by atomic mass is 16.5. The summed E-state index contributed by atoms with van der Waals surface area (Å²) in [6, 6.07) is 3.76. The van der Waals surface area contributed by atoms with Gasteiger partial charge in [-0.2, -0.15) is 5.10 Å². The van der Waals surface area contributed by atoms with Crippen molar-refractivity contribution in [2.45, 2.75) is 39.3 Å². The molecule has 114 valence electrons. The zero-order valence-corrected chi connectivity index (χ0v) is 12.8. The van der Waals surface area contributed by atoms with Crippen LogP contribution in [0.25, 0.3) is 0 Å². The zero-order valence-electron chi connectivity index (χ0n) is 12.8. The maximum Gasteiger partial charge on any atom is 0.162 e. The molecule has 0 saturated heterocycles. The Balaban J connectivity index is 2.52. The molecule has 0 spiro atoms. The van der Waals surface area contributed by atoms with Crippen LogP contribution in [-0.2, 0) is 13.0 Å². The Hall–Kier alpha value is -1.92. The Morgan fingerprint density at radius 3 is 2.86 bits per heavy atom. The lowest BCUT2D eigenvalue weighted by Gasteiger charge is -2.20. The average molecular weight is 289 g/mol. The third-order valence-corrected chi connectivity index (χ3v) is 3.52. The maximum absolute atomic E-state index is 5.82. The van der Waals surface area contributed by atoms with Crippen molar-refractivity contribution in [2.24, 2.45) is 5.84 Å². The van der Waals surface area contributed by atoms with E-state index in [1.165, 1.54) is 0 Å². The van der Waals surface area contributed by atoms with Gasteiger partial charge in [0.2, 0.25) is 0 Å². The molecule has 2 heterocycles. The molecule has 1 unspecified atom stereocenters. The van der Waals surface area contributed by atoms with Crippen molar-refractivity contribution in [3.8, 4) is 5.75 Å². The number of pyridine rings is 1. The van der Waals surface area contributed by atoms with E-state index in [0.29, 0.717) is 0 Å². The van der Waals surface area contributed by atoms with Gasteiger partial charge in [-0.05, 0) is 24.5 Å². The fraction of sp³-hybridized carbons (Fsp3) is 0.467. The van der Waals surface area contributed by atoms with E-state index in [9.17, 15) is 0 Å². The fourth-order valence-corrected chi connectivity index (χ4v) is 2.51. The molecule has 21 heavy (non-hydrogen) atoms. The lowest BCUT2D eigenvalue weighted by atomic mass is 10.0. The molecule has 0 amide bonds. The van der Waals surface area contributed by atoms with Crippen molar-refractivity contribution < 1.29 is 4.74 Å². The first-order chi connectivity index (χ1) is 10.3. The molecule has 0 aliphatic carbocycles. The van der Waals surface area contributed by atoms with Crippen LogP contribution in [0, 0.1) is 0 Å². The molecule has 2 rings (SSSR count). The second-order valence-electron chi connectivity index (χ2n) is 4.82. The van der Waals surface area contributed by atoms with Gasteiger partial charge in [-0.1, -0.05) is 19.9 Å². The summed E-state index contributed by atoms with van der Waals surface area (Å²) < 4.78 is 7.37. The molecular formula is C15H23N5O. The Kier molecular flexibility index (Phi) is 5.30. The van der Waals surface area contributed by atoms with Gasteiger partial charge in [-0.3, -0.25) is 15.5 Å². The Bertz CT molecular complexity index is 581. The number of hydrogen-bond acceptors (Lipinski definition) is 5. The quantitative estimate of drug-likeness (QED) is 0.600. The molecule has 0 radical (unpaired) electrons. The lowest BCUT2D eigenvalue weighted by molar-refractivity contribution is 0.397. The zero-order chi connectivity index (χ0) is 15.2. The molecular weight excluding hydrogens is 266 g/mol. The predicted molar refractivity (Wildman–Crippen MR) is 81.9 cm³/mol. The predicted octanol–water partition coefficient (Wildman–Crippen LogP) is 1.81. The summed E-state index contributed by atoms with van der Waals surface area (Å²) >= 11 is 0. The largest absolute Gasteiger partial charge is 0.493 e. The molecule has 0 bridgehead atoms. The molecule has 0 fully saturated rings. The summed E-state index contributed by atoms with van der Waals surface area (Å²) in [5.74, 6) is 6.54. The summed E-state index contributed by atoms with van der Waals surface area (Å²) in [7, 11) is 1.64. The van der Waals surface area contributed by atoms with Crippen molar-refractivity contribution >= 4 is 0 Å². The Labute approximate surface area is 125 Å². The van der Waals surface area contributed by atoms with E-state index in [2.05, 4.69) is 35.4 Å². The standard InChI is InChI=1S/C15H23N5O/c1-4-9-20-15(12(21-3)10-18-20)14(19-16)13-11(5-2)7-6-8-17-13/h6-8,10,14,19H,4-5,9,16H2,1-3H3. The first-order valence-corrected chi connectivity index (χ1v) is 7.26. The highest BCUT2D eigenvalue weighted by molar-refractivity contribution is 5.37. The van der Waals surface area contributed by atoms with Crippen LogP contribution in [0.5, 0.6) is 5.75 Å². The SMILES string of the molecule is CCCn1ncc(OC)c1C(NN)c1ncccc1CC. The minimum atomic E-state index is -0.245. The number of nitrogens with two attached hydrogens (primary N) is 1. The second-order valence-corrected chi connectivity index (χ2v) is 4.82. The number of hydrogen-bond donors (Lipinski definition) is 2. The van der Waals surface area contributed by atoms with Crippen molar-refractivity contribution in [1.82, 2.24) is 20.2 Å². The number of aryl methyl sites for hydroxylation is 2. The number of nitrogens with one attached hydrogen (secondary N) is 1. The summed E-state index contributed by atoms with van der Waals surface area (Å²) in [5, 5.41) is 4.39. The summed E-state index contributed by atoms with van der Waals surface area (Å²) in [5.41, 5.74) is 5.85. The van der Waals surface area contributed by atoms with Gasteiger partial charge in [0, 0.05) is 12.7 Å². The van der Waals surface area contributed by atoms with Crippen molar-refractivity contribution in [3.05, 3.63) is 41.5 Å². The van der Waals surface area contributed by atoms with Crippen LogP contribution in [0.2, 0.25) is 0 Å². The van der Waals surface area contributed by atoms with Gasteiger partial charge in [0.15, 0.2) is 5.75 Å².